The Balaban J connectivity index is 1.89. The molecule has 7 heteroatoms. The zero-order valence-electron chi connectivity index (χ0n) is 16.1. The number of aromatic amines is 1. The van der Waals surface area contributed by atoms with Gasteiger partial charge in [-0.2, -0.15) is 0 Å². The van der Waals surface area contributed by atoms with Crippen LogP contribution in [0.5, 0.6) is 5.75 Å². The van der Waals surface area contributed by atoms with Crippen molar-refractivity contribution in [2.75, 3.05) is 6.61 Å². The van der Waals surface area contributed by atoms with Crippen molar-refractivity contribution in [3.8, 4) is 17.0 Å². The van der Waals surface area contributed by atoms with Crippen molar-refractivity contribution in [3.05, 3.63) is 83.2 Å². The van der Waals surface area contributed by atoms with Crippen molar-refractivity contribution in [1.29, 1.82) is 0 Å². The zero-order valence-corrected chi connectivity index (χ0v) is 16.1. The maximum atomic E-state index is 14.6. The molecule has 0 fully saturated rings. The van der Waals surface area contributed by atoms with Crippen LogP contribution in [-0.2, 0) is 6.42 Å². The minimum absolute atomic E-state index is 0.0690. The van der Waals surface area contributed by atoms with Gasteiger partial charge in [0.25, 0.3) is 0 Å². The number of halogens is 2. The van der Waals surface area contributed by atoms with Crippen LogP contribution in [-0.4, -0.2) is 27.7 Å². The molecule has 2 N–H and O–H groups in total. The van der Waals surface area contributed by atoms with Gasteiger partial charge in [-0.05, 0) is 60.5 Å². The second kappa shape index (κ2) is 7.94. The monoisotopic (exact) mass is 408 g/mol. The molecule has 30 heavy (non-hydrogen) atoms. The molecule has 5 nitrogen and oxygen atoms in total. The summed E-state index contributed by atoms with van der Waals surface area (Å²) in [7, 11) is 0. The fourth-order valence-corrected chi connectivity index (χ4v) is 3.44. The Hall–Kier alpha value is -3.74. The number of fused-ring (bicyclic) bond motifs is 1. The van der Waals surface area contributed by atoms with Crippen molar-refractivity contribution in [3.63, 3.8) is 0 Å². The molecule has 2 aromatic carbocycles. The van der Waals surface area contributed by atoms with Crippen molar-refractivity contribution in [2.24, 2.45) is 0 Å². The molecule has 2 heterocycles. The lowest BCUT2D eigenvalue weighted by molar-refractivity contribution is 0.0690. The average Bonchev–Trinajstić information content (AvgIpc) is 3.06. The lowest BCUT2D eigenvalue weighted by Crippen LogP contribution is -2.03. The van der Waals surface area contributed by atoms with E-state index in [4.69, 9.17) is 4.74 Å². The molecule has 152 valence electrons. The van der Waals surface area contributed by atoms with Crippen molar-refractivity contribution in [1.82, 2.24) is 9.97 Å². The molecule has 4 aromatic rings. The maximum Gasteiger partial charge on any atom is 0.354 e. The van der Waals surface area contributed by atoms with Crippen molar-refractivity contribution >= 4 is 16.9 Å². The van der Waals surface area contributed by atoms with E-state index in [0.717, 1.165) is 11.1 Å². The summed E-state index contributed by atoms with van der Waals surface area (Å²) in [6.07, 6.45) is 0.265. The first-order valence-electron chi connectivity index (χ1n) is 9.38. The van der Waals surface area contributed by atoms with Crippen LogP contribution in [0.1, 0.15) is 28.7 Å². The molecule has 0 saturated carbocycles. The van der Waals surface area contributed by atoms with Crippen LogP contribution in [0.4, 0.5) is 8.78 Å². The van der Waals surface area contributed by atoms with E-state index in [0.29, 0.717) is 28.9 Å². The van der Waals surface area contributed by atoms with Gasteiger partial charge in [-0.3, -0.25) is 0 Å². The quantitative estimate of drug-likeness (QED) is 0.460. The summed E-state index contributed by atoms with van der Waals surface area (Å²) in [5.74, 6) is -1.85. The van der Waals surface area contributed by atoms with E-state index in [9.17, 15) is 18.7 Å². The number of H-pyrrole nitrogens is 1. The highest BCUT2D eigenvalue weighted by Crippen LogP contribution is 2.35. The van der Waals surface area contributed by atoms with Gasteiger partial charge >= 0.3 is 5.97 Å². The van der Waals surface area contributed by atoms with Gasteiger partial charge in [0.05, 0.1) is 17.8 Å². The summed E-state index contributed by atoms with van der Waals surface area (Å²) >= 11 is 0. The number of hydrogen-bond donors (Lipinski definition) is 2. The molecule has 0 atom stereocenters. The van der Waals surface area contributed by atoms with Crippen LogP contribution in [0.2, 0.25) is 0 Å². The van der Waals surface area contributed by atoms with E-state index < -0.39 is 11.8 Å². The molecule has 0 radical (unpaired) electrons. The van der Waals surface area contributed by atoms with Crippen LogP contribution >= 0.6 is 0 Å². The van der Waals surface area contributed by atoms with Gasteiger partial charge in [0.15, 0.2) is 11.6 Å². The summed E-state index contributed by atoms with van der Waals surface area (Å²) in [5.41, 5.74) is 3.24. The number of nitrogens with zero attached hydrogens (tertiary/aromatic N) is 1. The number of benzene rings is 2. The van der Waals surface area contributed by atoms with Crippen molar-refractivity contribution < 1.29 is 23.4 Å². The largest absolute Gasteiger partial charge is 0.491 e. The molecule has 0 spiro atoms. The Labute approximate surface area is 171 Å². The van der Waals surface area contributed by atoms with E-state index in [1.807, 2.05) is 0 Å². The number of aromatic nitrogens is 2. The highest BCUT2D eigenvalue weighted by Gasteiger charge is 2.18. The van der Waals surface area contributed by atoms with Crippen LogP contribution < -0.4 is 4.74 Å². The topological polar surface area (TPSA) is 75.2 Å². The van der Waals surface area contributed by atoms with Crippen LogP contribution in [0.25, 0.3) is 22.2 Å². The highest BCUT2D eigenvalue weighted by molar-refractivity contribution is 5.92. The Morgan fingerprint density at radius 1 is 1.13 bits per heavy atom. The number of ether oxygens (including phenoxy) is 1. The highest BCUT2D eigenvalue weighted by atomic mass is 19.1. The van der Waals surface area contributed by atoms with Gasteiger partial charge < -0.3 is 14.8 Å². The van der Waals surface area contributed by atoms with E-state index in [1.165, 1.54) is 24.3 Å². The van der Waals surface area contributed by atoms with Crippen LogP contribution in [0, 0.1) is 11.6 Å². The Kier molecular flexibility index (Phi) is 5.18. The summed E-state index contributed by atoms with van der Waals surface area (Å²) in [6.45, 7) is 2.10. The molecular formula is C23H18F2N2O3. The standard InChI is InChI=1S/C23H18F2N2O3/c1-2-30-21-12-20-16(11-18(21)25)17(10-15-4-3-5-19(26-15)23(28)29)22(27-20)13-6-8-14(24)9-7-13/h3-9,11-12,27H,2,10H2,1H3,(H,28,29). The molecule has 2 aromatic heterocycles. The predicted molar refractivity (Wildman–Crippen MR) is 109 cm³/mol. The first-order valence-corrected chi connectivity index (χ1v) is 9.38. The molecule has 0 amide bonds. The number of carboxylic acids is 1. The number of pyridine rings is 1. The number of aromatic carboxylic acids is 1. The van der Waals surface area contributed by atoms with Gasteiger partial charge in [-0.25, -0.2) is 18.6 Å². The van der Waals surface area contributed by atoms with Crippen LogP contribution in [0.3, 0.4) is 0 Å². The molecule has 0 bridgehead atoms. The average molecular weight is 408 g/mol. The lowest BCUT2D eigenvalue weighted by Gasteiger charge is -2.07. The third-order valence-corrected chi connectivity index (χ3v) is 4.78. The lowest BCUT2D eigenvalue weighted by atomic mass is 10.0. The normalized spacial score (nSPS) is 11.0. The van der Waals surface area contributed by atoms with Gasteiger partial charge in [0.2, 0.25) is 0 Å². The summed E-state index contributed by atoms with van der Waals surface area (Å²) in [5, 5.41) is 9.84. The number of nitrogens with one attached hydrogen (secondary N) is 1. The SMILES string of the molecule is CCOc1cc2[nH]c(-c3ccc(F)cc3)c(Cc3cccc(C(=O)O)n3)c2cc1F. The summed E-state index contributed by atoms with van der Waals surface area (Å²) < 4.78 is 33.4. The molecule has 0 aliphatic carbocycles. The maximum absolute atomic E-state index is 14.6. The molecule has 0 unspecified atom stereocenters. The van der Waals surface area contributed by atoms with Gasteiger partial charge in [-0.1, -0.05) is 6.07 Å². The van der Waals surface area contributed by atoms with E-state index in [1.54, 1.807) is 37.3 Å². The van der Waals surface area contributed by atoms with E-state index in [2.05, 4.69) is 9.97 Å². The number of carboxylic acid groups (broad SMARTS) is 1. The molecule has 0 saturated heterocycles. The third kappa shape index (κ3) is 3.74. The van der Waals surface area contributed by atoms with Gasteiger partial charge in [0.1, 0.15) is 11.5 Å². The Morgan fingerprint density at radius 3 is 2.60 bits per heavy atom. The molecule has 4 rings (SSSR count). The van der Waals surface area contributed by atoms with E-state index >= 15 is 0 Å². The Bertz CT molecular complexity index is 1230. The molecular weight excluding hydrogens is 390 g/mol. The smallest absolute Gasteiger partial charge is 0.354 e. The van der Waals surface area contributed by atoms with Crippen LogP contribution in [0.15, 0.2) is 54.6 Å². The second-order valence-electron chi connectivity index (χ2n) is 6.74. The fraction of sp³-hybridized carbons (Fsp3) is 0.130. The molecule has 0 aliphatic rings. The first kappa shape index (κ1) is 19.6. The summed E-state index contributed by atoms with van der Waals surface area (Å²) in [6, 6.07) is 13.7. The van der Waals surface area contributed by atoms with E-state index in [-0.39, 0.29) is 23.7 Å². The van der Waals surface area contributed by atoms with Crippen molar-refractivity contribution in [2.45, 2.75) is 13.3 Å². The molecule has 0 aliphatic heterocycles. The minimum Gasteiger partial charge on any atom is -0.491 e. The summed E-state index contributed by atoms with van der Waals surface area (Å²) in [4.78, 5) is 18.7. The second-order valence-corrected chi connectivity index (χ2v) is 6.74. The van der Waals surface area contributed by atoms with Gasteiger partial charge in [0, 0.05) is 23.6 Å². The van der Waals surface area contributed by atoms with Gasteiger partial charge in [-0.15, -0.1) is 0 Å². The third-order valence-electron chi connectivity index (χ3n) is 4.78. The first-order chi connectivity index (χ1) is 14.5. The fourth-order valence-electron chi connectivity index (χ4n) is 3.44. The Morgan fingerprint density at radius 2 is 1.90 bits per heavy atom. The number of rotatable bonds is 6. The predicted octanol–water partition coefficient (Wildman–Crippen LogP) is 5.20. The minimum atomic E-state index is -1.12. The number of carbonyl (C=O) groups is 1. The number of hydrogen-bond acceptors (Lipinski definition) is 3. The zero-order chi connectivity index (χ0) is 21.3.